The molecule has 0 amide bonds. The van der Waals surface area contributed by atoms with Crippen LogP contribution in [0.25, 0.3) is 0 Å². The fourth-order valence-corrected chi connectivity index (χ4v) is 13.8. The summed E-state index contributed by atoms with van der Waals surface area (Å²) in [4.78, 5) is 24.7. The zero-order chi connectivity index (χ0) is 31.0. The number of carboxylic acids is 1. The number of carbonyl (C=O) groups excluding carboxylic acids is 1. The second-order valence-corrected chi connectivity index (χ2v) is 17.9. The van der Waals surface area contributed by atoms with Crippen LogP contribution in [0.5, 0.6) is 5.75 Å². The van der Waals surface area contributed by atoms with Gasteiger partial charge in [0.25, 0.3) is 5.78 Å². The van der Waals surface area contributed by atoms with Gasteiger partial charge in [-0.05, 0) is 152 Å². The molecule has 1 aromatic carbocycles. The molecule has 2 N–H and O–H groups in total. The topological polar surface area (TPSA) is 83.8 Å². The van der Waals surface area contributed by atoms with E-state index < -0.39 is 11.8 Å². The van der Waals surface area contributed by atoms with Crippen molar-refractivity contribution >= 4 is 11.8 Å². The van der Waals surface area contributed by atoms with E-state index in [1.165, 1.54) is 44.9 Å². The molecule has 0 radical (unpaired) electrons. The Morgan fingerprint density at radius 1 is 0.744 bits per heavy atom. The van der Waals surface area contributed by atoms with Gasteiger partial charge in [-0.25, -0.2) is 4.79 Å². The van der Waals surface area contributed by atoms with Crippen LogP contribution < -0.4 is 0 Å². The number of carbonyl (C=O) groups is 2. The minimum absolute atomic E-state index is 0.0174. The number of fused-ring (bicyclic) bond motifs is 10. The quantitative estimate of drug-likeness (QED) is 0.267. The van der Waals surface area contributed by atoms with Crippen LogP contribution in [-0.4, -0.2) is 33.7 Å². The van der Waals surface area contributed by atoms with Crippen molar-refractivity contribution in [2.45, 2.75) is 143 Å². The number of ether oxygens (including phenoxy) is 1. The van der Waals surface area contributed by atoms with Crippen molar-refractivity contribution in [1.82, 2.24) is 0 Å². The van der Waals surface area contributed by atoms with Crippen LogP contribution in [0.15, 0.2) is 12.1 Å². The second kappa shape index (κ2) is 9.10. The fourth-order valence-electron chi connectivity index (χ4n) is 13.8. The van der Waals surface area contributed by atoms with Crippen LogP contribution in [0.2, 0.25) is 0 Å². The van der Waals surface area contributed by atoms with Crippen molar-refractivity contribution in [2.75, 3.05) is 0 Å². The third-order valence-corrected chi connectivity index (χ3v) is 15.6. The summed E-state index contributed by atoms with van der Waals surface area (Å²) in [6.07, 6.45) is 14.0. The Balaban J connectivity index is 1.24. The Morgan fingerprint density at radius 2 is 1.35 bits per heavy atom. The van der Waals surface area contributed by atoms with Gasteiger partial charge in [0.05, 0.1) is 11.7 Å². The number of benzene rings is 1. The standard InChI is InChI=1S/C38H54O5/c1-33(2)15-8-16-38(7)25(33)11-18-36(5)27-12-17-35(4)26(34(27,3)20-14-29(36)43-38)13-19-37(6)28(35)21-23-24(39)10-9-22(30(23)37)31(40)32(41)42/h9-10,25-29,39H,8,11-21H2,1-7H3,(H,41,42)/t25-,26+,27+,28-,29-,34+,35+,36-,37-,38-/m0/s1. The average Bonchev–Trinajstić information content (AvgIpc) is 3.18. The highest BCUT2D eigenvalue weighted by Gasteiger charge is 2.69. The second-order valence-electron chi connectivity index (χ2n) is 17.9. The molecule has 5 fully saturated rings. The summed E-state index contributed by atoms with van der Waals surface area (Å²) in [5.74, 6) is 0.0159. The summed E-state index contributed by atoms with van der Waals surface area (Å²) in [6.45, 7) is 17.4. The summed E-state index contributed by atoms with van der Waals surface area (Å²) >= 11 is 0. The molecular formula is C38H54O5. The molecule has 1 aliphatic heterocycles. The Kier molecular flexibility index (Phi) is 6.31. The van der Waals surface area contributed by atoms with Crippen molar-refractivity contribution in [3.05, 3.63) is 28.8 Å². The van der Waals surface area contributed by atoms with Crippen molar-refractivity contribution in [3.8, 4) is 5.75 Å². The number of aromatic hydroxyl groups is 1. The third-order valence-electron chi connectivity index (χ3n) is 15.6. The number of phenols is 1. The molecule has 0 spiro atoms. The maximum Gasteiger partial charge on any atom is 0.377 e. The van der Waals surface area contributed by atoms with Crippen LogP contribution in [-0.2, 0) is 21.4 Å². The minimum Gasteiger partial charge on any atom is -0.508 e. The minimum atomic E-state index is -1.42. The monoisotopic (exact) mass is 590 g/mol. The van der Waals surface area contributed by atoms with Gasteiger partial charge in [-0.2, -0.15) is 0 Å². The molecule has 236 valence electrons. The van der Waals surface area contributed by atoms with Gasteiger partial charge in [-0.1, -0.05) is 48.0 Å². The molecule has 1 aromatic rings. The maximum atomic E-state index is 12.9. The van der Waals surface area contributed by atoms with E-state index in [0.717, 1.165) is 43.2 Å². The van der Waals surface area contributed by atoms with Gasteiger partial charge in [0, 0.05) is 5.56 Å². The first kappa shape index (κ1) is 29.8. The van der Waals surface area contributed by atoms with Crippen LogP contribution >= 0.6 is 0 Å². The Bertz CT molecular complexity index is 1380. The molecule has 6 aliphatic rings. The lowest BCUT2D eigenvalue weighted by Crippen LogP contribution is -2.64. The van der Waals surface area contributed by atoms with E-state index in [4.69, 9.17) is 4.74 Å². The third kappa shape index (κ3) is 3.78. The number of aliphatic carboxylic acids is 1. The van der Waals surface area contributed by atoms with Crippen LogP contribution in [0.1, 0.15) is 141 Å². The molecular weight excluding hydrogens is 536 g/mol. The lowest BCUT2D eigenvalue weighted by Gasteiger charge is -2.69. The molecule has 10 atom stereocenters. The van der Waals surface area contributed by atoms with Gasteiger partial charge in [0.15, 0.2) is 0 Å². The SMILES string of the molecule is CC1(C)CCC[C@]2(C)O[C@H]3CC[C@@]4(C)[C@@H](CC[C@]5(C)[C@@H]4CC[C@]4(C)c6c(C(=O)C(=O)O)ccc(O)c6C[C@@H]54)[C@]3(C)CC[C@@H]12. The molecule has 7 rings (SSSR count). The summed E-state index contributed by atoms with van der Waals surface area (Å²) in [6, 6.07) is 3.10. The van der Waals surface area contributed by atoms with Gasteiger partial charge < -0.3 is 14.9 Å². The van der Waals surface area contributed by atoms with E-state index in [1.54, 1.807) is 12.1 Å². The fraction of sp³-hybridized carbons (Fsp3) is 0.789. The zero-order valence-electron chi connectivity index (χ0n) is 27.6. The number of hydrogen-bond acceptors (Lipinski definition) is 4. The Hall–Kier alpha value is -1.88. The molecule has 43 heavy (non-hydrogen) atoms. The summed E-state index contributed by atoms with van der Waals surface area (Å²) < 4.78 is 7.39. The Labute approximate surface area is 258 Å². The summed E-state index contributed by atoms with van der Waals surface area (Å²) in [5.41, 5.74) is 2.36. The zero-order valence-corrected chi connectivity index (χ0v) is 27.6. The number of phenolic OH excluding ortho intramolecular Hbond substituents is 1. The van der Waals surface area contributed by atoms with Crippen molar-refractivity contribution in [2.24, 2.45) is 45.3 Å². The lowest BCUT2D eigenvalue weighted by molar-refractivity contribution is -0.240. The molecule has 5 nitrogen and oxygen atoms in total. The summed E-state index contributed by atoms with van der Waals surface area (Å²) in [7, 11) is 0. The highest BCUT2D eigenvalue weighted by atomic mass is 16.5. The van der Waals surface area contributed by atoms with Crippen LogP contribution in [0.3, 0.4) is 0 Å². The first-order valence-corrected chi connectivity index (χ1v) is 17.3. The van der Waals surface area contributed by atoms with E-state index in [-0.39, 0.29) is 44.5 Å². The van der Waals surface area contributed by atoms with E-state index in [0.29, 0.717) is 29.3 Å². The molecule has 5 aliphatic carbocycles. The highest BCUT2D eigenvalue weighted by molar-refractivity contribution is 6.40. The number of Topliss-reactive ketones (excluding diaryl/α,β-unsaturated/α-hetero) is 1. The van der Waals surface area contributed by atoms with Gasteiger partial charge >= 0.3 is 5.97 Å². The van der Waals surface area contributed by atoms with Crippen LogP contribution in [0, 0.1) is 45.3 Å². The first-order chi connectivity index (χ1) is 20.0. The molecule has 5 heteroatoms. The predicted molar refractivity (Wildman–Crippen MR) is 167 cm³/mol. The largest absolute Gasteiger partial charge is 0.508 e. The molecule has 4 saturated carbocycles. The van der Waals surface area contributed by atoms with E-state index in [9.17, 15) is 19.8 Å². The number of carboxylic acid groups (broad SMARTS) is 1. The van der Waals surface area contributed by atoms with E-state index in [1.807, 2.05) is 0 Å². The average molecular weight is 591 g/mol. The number of hydrogen-bond donors (Lipinski definition) is 2. The molecule has 1 saturated heterocycles. The molecule has 0 unspecified atom stereocenters. The molecule has 0 bridgehead atoms. The molecule has 0 aromatic heterocycles. The molecule has 1 heterocycles. The Morgan fingerprint density at radius 3 is 2.07 bits per heavy atom. The van der Waals surface area contributed by atoms with Gasteiger partial charge in [0.1, 0.15) is 5.75 Å². The number of rotatable bonds is 2. The number of ketones is 1. The normalized spacial score (nSPS) is 47.9. The van der Waals surface area contributed by atoms with E-state index in [2.05, 4.69) is 48.5 Å². The van der Waals surface area contributed by atoms with E-state index >= 15 is 0 Å². The first-order valence-electron chi connectivity index (χ1n) is 17.3. The highest BCUT2D eigenvalue weighted by Crippen LogP contribution is 2.74. The van der Waals surface area contributed by atoms with Crippen molar-refractivity contribution < 1.29 is 24.5 Å². The maximum absolute atomic E-state index is 12.9. The van der Waals surface area contributed by atoms with Crippen molar-refractivity contribution in [1.29, 1.82) is 0 Å². The van der Waals surface area contributed by atoms with Crippen LogP contribution in [0.4, 0.5) is 0 Å². The smallest absolute Gasteiger partial charge is 0.377 e. The predicted octanol–water partition coefficient (Wildman–Crippen LogP) is 8.49. The van der Waals surface area contributed by atoms with Crippen molar-refractivity contribution in [3.63, 3.8) is 0 Å². The lowest BCUT2D eigenvalue weighted by atomic mass is 9.36. The van der Waals surface area contributed by atoms with Gasteiger partial charge in [0.2, 0.25) is 0 Å². The van der Waals surface area contributed by atoms with Gasteiger partial charge in [-0.15, -0.1) is 0 Å². The van der Waals surface area contributed by atoms with Gasteiger partial charge in [-0.3, -0.25) is 4.79 Å². The summed E-state index contributed by atoms with van der Waals surface area (Å²) in [5, 5.41) is 20.7.